The van der Waals surface area contributed by atoms with E-state index in [9.17, 15) is 14.4 Å². The maximum Gasteiger partial charge on any atom is 0.255 e. The number of hydrogen-bond acceptors (Lipinski definition) is 4. The first-order chi connectivity index (χ1) is 15.9. The fourth-order valence-corrected chi connectivity index (χ4v) is 3.29. The first-order valence-corrected chi connectivity index (χ1v) is 10.6. The quantitative estimate of drug-likeness (QED) is 0.481. The van der Waals surface area contributed by atoms with E-state index in [1.54, 1.807) is 72.8 Å². The van der Waals surface area contributed by atoms with Gasteiger partial charge in [-0.3, -0.25) is 14.4 Å². The van der Waals surface area contributed by atoms with Gasteiger partial charge in [0.2, 0.25) is 5.91 Å². The van der Waals surface area contributed by atoms with Gasteiger partial charge in [-0.1, -0.05) is 56.3 Å². The van der Waals surface area contributed by atoms with Crippen LogP contribution < -0.4 is 20.7 Å². The smallest absolute Gasteiger partial charge is 0.255 e. The Hall–Kier alpha value is -4.13. The molecule has 0 saturated carbocycles. The molecule has 0 unspecified atom stereocenters. The molecule has 0 heterocycles. The molecular formula is C26H27N3O4. The Morgan fingerprint density at radius 3 is 2.00 bits per heavy atom. The van der Waals surface area contributed by atoms with Crippen molar-refractivity contribution in [1.82, 2.24) is 5.32 Å². The zero-order valence-electron chi connectivity index (χ0n) is 18.8. The third kappa shape index (κ3) is 5.98. The van der Waals surface area contributed by atoms with Gasteiger partial charge < -0.3 is 20.7 Å². The van der Waals surface area contributed by atoms with Crippen molar-refractivity contribution in [2.24, 2.45) is 5.92 Å². The van der Waals surface area contributed by atoms with Crippen LogP contribution in [0.15, 0.2) is 78.9 Å². The number of amides is 3. The molecule has 3 rings (SSSR count). The van der Waals surface area contributed by atoms with Crippen molar-refractivity contribution in [2.75, 3.05) is 17.7 Å². The second-order valence-corrected chi connectivity index (χ2v) is 7.75. The van der Waals surface area contributed by atoms with Crippen LogP contribution in [0.4, 0.5) is 11.4 Å². The van der Waals surface area contributed by atoms with E-state index in [1.165, 1.54) is 7.11 Å². The van der Waals surface area contributed by atoms with Gasteiger partial charge in [-0.05, 0) is 42.3 Å². The van der Waals surface area contributed by atoms with Crippen LogP contribution in [0, 0.1) is 5.92 Å². The highest BCUT2D eigenvalue weighted by atomic mass is 16.5. The predicted octanol–water partition coefficient (Wildman–Crippen LogP) is 4.34. The third-order valence-electron chi connectivity index (χ3n) is 5.06. The maximum atomic E-state index is 13.1. The average Bonchev–Trinajstić information content (AvgIpc) is 2.83. The van der Waals surface area contributed by atoms with Crippen LogP contribution in [0.1, 0.15) is 34.6 Å². The van der Waals surface area contributed by atoms with Gasteiger partial charge in [-0.25, -0.2) is 0 Å². The van der Waals surface area contributed by atoms with Gasteiger partial charge >= 0.3 is 0 Å². The highest BCUT2D eigenvalue weighted by Crippen LogP contribution is 2.24. The minimum atomic E-state index is -0.805. The summed E-state index contributed by atoms with van der Waals surface area (Å²) in [6.07, 6.45) is 0. The van der Waals surface area contributed by atoms with E-state index in [2.05, 4.69) is 16.0 Å². The summed E-state index contributed by atoms with van der Waals surface area (Å²) in [5, 5.41) is 8.40. The minimum absolute atomic E-state index is 0.185. The lowest BCUT2D eigenvalue weighted by molar-refractivity contribution is -0.118. The predicted molar refractivity (Wildman–Crippen MR) is 129 cm³/mol. The monoisotopic (exact) mass is 445 g/mol. The van der Waals surface area contributed by atoms with Crippen LogP contribution in [0.5, 0.6) is 5.75 Å². The molecule has 170 valence electrons. The van der Waals surface area contributed by atoms with E-state index < -0.39 is 11.9 Å². The topological polar surface area (TPSA) is 96.5 Å². The molecule has 0 aliphatic rings. The zero-order valence-corrected chi connectivity index (χ0v) is 18.8. The number of methoxy groups -OCH3 is 1. The van der Waals surface area contributed by atoms with Gasteiger partial charge in [0.1, 0.15) is 11.8 Å². The lowest BCUT2D eigenvalue weighted by Gasteiger charge is -2.23. The standard InChI is InChI=1S/C26H27N3O4/c1-17(2)23(26(32)28-21-15-9-10-16-22(21)33-3)29-25(31)19-13-7-8-14-20(19)27-24(30)18-11-5-4-6-12-18/h4-17,23H,1-3H3,(H,27,30)(H,28,32)(H,29,31)/t23-/m0/s1. The van der Waals surface area contributed by atoms with E-state index in [0.717, 1.165) is 0 Å². The van der Waals surface area contributed by atoms with E-state index in [-0.39, 0.29) is 23.3 Å². The molecule has 0 aliphatic heterocycles. The van der Waals surface area contributed by atoms with Gasteiger partial charge in [-0.15, -0.1) is 0 Å². The molecule has 3 amide bonds. The van der Waals surface area contributed by atoms with Gasteiger partial charge in [0.05, 0.1) is 24.0 Å². The fraction of sp³-hybridized carbons (Fsp3) is 0.192. The third-order valence-corrected chi connectivity index (χ3v) is 5.06. The summed E-state index contributed by atoms with van der Waals surface area (Å²) in [6.45, 7) is 3.69. The average molecular weight is 446 g/mol. The number of hydrogen-bond donors (Lipinski definition) is 3. The number of nitrogens with one attached hydrogen (secondary N) is 3. The van der Waals surface area contributed by atoms with E-state index in [4.69, 9.17) is 4.74 Å². The highest BCUT2D eigenvalue weighted by Gasteiger charge is 2.26. The summed E-state index contributed by atoms with van der Waals surface area (Å²) in [5.74, 6) is -0.824. The van der Waals surface area contributed by atoms with Crippen LogP contribution in [0.3, 0.4) is 0 Å². The van der Waals surface area contributed by atoms with Crippen LogP contribution in [-0.2, 0) is 4.79 Å². The van der Waals surface area contributed by atoms with Crippen LogP contribution >= 0.6 is 0 Å². The van der Waals surface area contributed by atoms with Gasteiger partial charge in [0, 0.05) is 5.56 Å². The number of carbonyl (C=O) groups is 3. The van der Waals surface area contributed by atoms with Gasteiger partial charge in [-0.2, -0.15) is 0 Å². The summed E-state index contributed by atoms with van der Waals surface area (Å²) in [5.41, 5.74) is 1.61. The molecule has 0 bridgehead atoms. The lowest BCUT2D eigenvalue weighted by atomic mass is 10.0. The second-order valence-electron chi connectivity index (χ2n) is 7.75. The summed E-state index contributed by atoms with van der Waals surface area (Å²) in [4.78, 5) is 38.7. The Morgan fingerprint density at radius 2 is 1.33 bits per heavy atom. The molecule has 3 aromatic carbocycles. The Bertz CT molecular complexity index is 1130. The number of para-hydroxylation sites is 3. The molecule has 0 radical (unpaired) electrons. The summed E-state index contributed by atoms with van der Waals surface area (Å²) in [7, 11) is 1.52. The largest absolute Gasteiger partial charge is 0.495 e. The summed E-state index contributed by atoms with van der Waals surface area (Å²) in [6, 6.07) is 21.7. The van der Waals surface area contributed by atoms with Crippen molar-refractivity contribution >= 4 is 29.1 Å². The second kappa shape index (κ2) is 10.9. The summed E-state index contributed by atoms with van der Waals surface area (Å²) >= 11 is 0. The molecule has 0 fully saturated rings. The molecule has 0 aromatic heterocycles. The Kier molecular flexibility index (Phi) is 7.81. The molecule has 3 aromatic rings. The molecule has 3 N–H and O–H groups in total. The Labute approximate surface area is 193 Å². The van der Waals surface area contributed by atoms with Gasteiger partial charge in [0.25, 0.3) is 11.8 Å². The molecular weight excluding hydrogens is 418 g/mol. The molecule has 0 aliphatic carbocycles. The van der Waals surface area contributed by atoms with Crippen molar-refractivity contribution in [3.63, 3.8) is 0 Å². The number of anilines is 2. The zero-order chi connectivity index (χ0) is 23.8. The maximum absolute atomic E-state index is 13.1. The first-order valence-electron chi connectivity index (χ1n) is 10.6. The van der Waals surface area contributed by atoms with Crippen LogP contribution in [0.2, 0.25) is 0 Å². The molecule has 33 heavy (non-hydrogen) atoms. The molecule has 0 saturated heterocycles. The fourth-order valence-electron chi connectivity index (χ4n) is 3.29. The Balaban J connectivity index is 1.77. The normalized spacial score (nSPS) is 11.4. The van der Waals surface area contributed by atoms with E-state index in [0.29, 0.717) is 22.7 Å². The molecule has 7 heteroatoms. The van der Waals surface area contributed by atoms with Gasteiger partial charge in [0.15, 0.2) is 0 Å². The lowest BCUT2D eigenvalue weighted by Crippen LogP contribution is -2.47. The molecule has 1 atom stereocenters. The number of carbonyl (C=O) groups excluding carboxylic acids is 3. The molecule has 7 nitrogen and oxygen atoms in total. The number of rotatable bonds is 8. The number of benzene rings is 3. The SMILES string of the molecule is COc1ccccc1NC(=O)[C@@H](NC(=O)c1ccccc1NC(=O)c1ccccc1)C(C)C. The van der Waals surface area contributed by atoms with Crippen molar-refractivity contribution in [3.05, 3.63) is 90.0 Å². The minimum Gasteiger partial charge on any atom is -0.495 e. The van der Waals surface area contributed by atoms with Crippen molar-refractivity contribution < 1.29 is 19.1 Å². The van der Waals surface area contributed by atoms with Crippen LogP contribution in [0.25, 0.3) is 0 Å². The van der Waals surface area contributed by atoms with Crippen molar-refractivity contribution in [2.45, 2.75) is 19.9 Å². The molecule has 0 spiro atoms. The number of ether oxygens (including phenoxy) is 1. The van der Waals surface area contributed by atoms with E-state index in [1.807, 2.05) is 19.9 Å². The van der Waals surface area contributed by atoms with Crippen LogP contribution in [-0.4, -0.2) is 30.9 Å². The summed E-state index contributed by atoms with van der Waals surface area (Å²) < 4.78 is 5.28. The highest BCUT2D eigenvalue weighted by molar-refractivity contribution is 6.10. The Morgan fingerprint density at radius 1 is 0.727 bits per heavy atom. The van der Waals surface area contributed by atoms with Crippen molar-refractivity contribution in [1.29, 1.82) is 0 Å². The first kappa shape index (κ1) is 23.5. The van der Waals surface area contributed by atoms with E-state index >= 15 is 0 Å². The van der Waals surface area contributed by atoms with Crippen molar-refractivity contribution in [3.8, 4) is 5.75 Å².